The van der Waals surface area contributed by atoms with Crippen LogP contribution in [0.25, 0.3) is 11.1 Å². The van der Waals surface area contributed by atoms with Crippen LogP contribution in [0.5, 0.6) is 0 Å². The van der Waals surface area contributed by atoms with Gasteiger partial charge in [0.25, 0.3) is 11.8 Å². The zero-order chi connectivity index (χ0) is 27.1. The van der Waals surface area contributed by atoms with Crippen LogP contribution >= 0.6 is 0 Å². The summed E-state index contributed by atoms with van der Waals surface area (Å²) in [4.78, 5) is 37.0. The lowest BCUT2D eigenvalue weighted by Gasteiger charge is -2.25. The lowest BCUT2D eigenvalue weighted by molar-refractivity contribution is -0.113. The van der Waals surface area contributed by atoms with Gasteiger partial charge in [0.05, 0.1) is 5.71 Å². The summed E-state index contributed by atoms with van der Waals surface area (Å²) in [5.74, 6) is -0.522. The molecule has 38 heavy (non-hydrogen) atoms. The molecule has 0 bridgehead atoms. The van der Waals surface area contributed by atoms with Crippen LogP contribution in [0.2, 0.25) is 0 Å². The number of carbonyl (C=O) groups is 2. The first-order valence-electron chi connectivity index (χ1n) is 12.8. The third-order valence-corrected chi connectivity index (χ3v) is 6.07. The predicted molar refractivity (Wildman–Crippen MR) is 150 cm³/mol. The van der Waals surface area contributed by atoms with Crippen LogP contribution in [0.3, 0.4) is 0 Å². The van der Waals surface area contributed by atoms with E-state index in [9.17, 15) is 9.59 Å². The van der Waals surface area contributed by atoms with Gasteiger partial charge in [-0.2, -0.15) is 4.98 Å². The Hall–Kier alpha value is -4.24. The first-order valence-corrected chi connectivity index (χ1v) is 12.8. The van der Waals surface area contributed by atoms with Crippen molar-refractivity contribution in [3.63, 3.8) is 0 Å². The fourth-order valence-corrected chi connectivity index (χ4v) is 4.15. The summed E-state index contributed by atoms with van der Waals surface area (Å²) in [7, 11) is 0. The topological polar surface area (TPSA) is 126 Å². The SMILES string of the molecule is CC(C)=C/C(=N\C(C(=O)Nc1nc2ccccc2o1)=C(/C)N)c1ccc(C(=O)N2CCCCNCC2)cc1. The molecule has 0 spiro atoms. The third kappa shape index (κ3) is 6.74. The third-order valence-electron chi connectivity index (χ3n) is 6.07. The number of nitrogens with one attached hydrogen (secondary N) is 2. The molecule has 1 fully saturated rings. The summed E-state index contributed by atoms with van der Waals surface area (Å²) >= 11 is 0. The van der Waals surface area contributed by atoms with Gasteiger partial charge in [0.2, 0.25) is 0 Å². The van der Waals surface area contributed by atoms with E-state index in [-0.39, 0.29) is 23.3 Å². The Kier molecular flexibility index (Phi) is 8.70. The molecule has 9 heteroatoms. The van der Waals surface area contributed by atoms with E-state index in [1.807, 2.05) is 49.1 Å². The van der Waals surface area contributed by atoms with Gasteiger partial charge in [-0.3, -0.25) is 14.9 Å². The number of anilines is 1. The van der Waals surface area contributed by atoms with Crippen LogP contribution in [-0.4, -0.2) is 53.6 Å². The Morgan fingerprint density at radius 2 is 1.76 bits per heavy atom. The highest BCUT2D eigenvalue weighted by atomic mass is 16.4. The van der Waals surface area contributed by atoms with E-state index in [1.54, 1.807) is 31.2 Å². The number of benzene rings is 2. The van der Waals surface area contributed by atoms with Gasteiger partial charge >= 0.3 is 6.01 Å². The molecular weight excluding hydrogens is 480 g/mol. The maximum absolute atomic E-state index is 13.1. The number of nitrogens with zero attached hydrogens (tertiary/aromatic N) is 3. The monoisotopic (exact) mass is 514 g/mol. The summed E-state index contributed by atoms with van der Waals surface area (Å²) < 4.78 is 5.62. The maximum Gasteiger partial charge on any atom is 0.302 e. The minimum Gasteiger partial charge on any atom is -0.423 e. The molecule has 0 saturated carbocycles. The van der Waals surface area contributed by atoms with Crippen LogP contribution in [-0.2, 0) is 4.79 Å². The quantitative estimate of drug-likeness (QED) is 0.334. The van der Waals surface area contributed by atoms with E-state index in [2.05, 4.69) is 20.6 Å². The van der Waals surface area contributed by atoms with E-state index < -0.39 is 5.91 Å². The van der Waals surface area contributed by atoms with E-state index in [0.29, 0.717) is 28.9 Å². The van der Waals surface area contributed by atoms with Gasteiger partial charge in [0.1, 0.15) is 11.2 Å². The predicted octanol–water partition coefficient (Wildman–Crippen LogP) is 4.24. The number of aromatic nitrogens is 1. The highest BCUT2D eigenvalue weighted by Crippen LogP contribution is 2.20. The van der Waals surface area contributed by atoms with E-state index in [4.69, 9.17) is 10.2 Å². The van der Waals surface area contributed by atoms with Crippen molar-refractivity contribution < 1.29 is 14.0 Å². The summed E-state index contributed by atoms with van der Waals surface area (Å²) in [5, 5.41) is 6.01. The van der Waals surface area contributed by atoms with E-state index in [1.165, 1.54) is 0 Å². The molecule has 0 unspecified atom stereocenters. The molecule has 1 aromatic heterocycles. The molecule has 2 heterocycles. The number of hydrogen-bond acceptors (Lipinski definition) is 7. The molecule has 2 aromatic carbocycles. The van der Waals surface area contributed by atoms with E-state index in [0.717, 1.165) is 43.6 Å². The standard InChI is InChI=1S/C29H34N6O3/c1-19(2)18-24(21-10-12-22(13-11-21)28(37)35-16-7-6-14-31-15-17-35)32-26(20(3)30)27(36)34-29-33-23-8-4-5-9-25(23)38-29/h4-5,8-13,18,31H,6-7,14-17,30H2,1-3H3,(H,33,34,36)/b26-20+,32-24+. The number of carbonyl (C=O) groups excluding carboxylic acids is 2. The lowest BCUT2D eigenvalue weighted by atomic mass is 10.0. The van der Waals surface area contributed by atoms with Gasteiger partial charge in [0, 0.05) is 36.5 Å². The Bertz CT molecular complexity index is 1350. The maximum atomic E-state index is 13.1. The molecule has 9 nitrogen and oxygen atoms in total. The fourth-order valence-electron chi connectivity index (χ4n) is 4.15. The van der Waals surface area contributed by atoms with Crippen LogP contribution in [0.4, 0.5) is 6.01 Å². The zero-order valence-electron chi connectivity index (χ0n) is 22.1. The van der Waals surface area contributed by atoms with Gasteiger partial charge in [-0.15, -0.1) is 0 Å². The van der Waals surface area contributed by atoms with Gasteiger partial charge in [-0.25, -0.2) is 4.99 Å². The number of hydrogen-bond donors (Lipinski definition) is 3. The number of para-hydroxylation sites is 2. The van der Waals surface area contributed by atoms with Crippen LogP contribution < -0.4 is 16.4 Å². The second-order valence-electron chi connectivity index (χ2n) is 9.52. The van der Waals surface area contributed by atoms with Crippen molar-refractivity contribution in [2.24, 2.45) is 10.7 Å². The van der Waals surface area contributed by atoms with Gasteiger partial charge < -0.3 is 20.4 Å². The minimum atomic E-state index is -0.534. The smallest absolute Gasteiger partial charge is 0.302 e. The molecule has 4 N–H and O–H groups in total. The van der Waals surface area contributed by atoms with Crippen molar-refractivity contribution >= 4 is 34.6 Å². The first kappa shape index (κ1) is 26.8. The Balaban J connectivity index is 1.58. The number of nitrogens with two attached hydrogens (primary N) is 1. The van der Waals surface area contributed by atoms with Crippen molar-refractivity contribution in [3.05, 3.63) is 82.7 Å². The molecule has 4 rings (SSSR count). The van der Waals surface area contributed by atoms with Gasteiger partial charge in [-0.05, 0) is 70.5 Å². The normalized spacial score (nSPS) is 15.3. The molecule has 3 aromatic rings. The average molecular weight is 515 g/mol. The van der Waals surface area contributed by atoms with Crippen molar-refractivity contribution in [2.75, 3.05) is 31.5 Å². The first-order chi connectivity index (χ1) is 18.3. The Morgan fingerprint density at radius 1 is 1.03 bits per heavy atom. The van der Waals surface area contributed by atoms with Crippen LogP contribution in [0.15, 0.2) is 81.0 Å². The van der Waals surface area contributed by atoms with Crippen molar-refractivity contribution in [3.8, 4) is 0 Å². The second kappa shape index (κ2) is 12.3. The summed E-state index contributed by atoms with van der Waals surface area (Å²) in [6.07, 6.45) is 3.91. The van der Waals surface area contributed by atoms with E-state index >= 15 is 0 Å². The fraction of sp³-hybridized carbons (Fsp3) is 0.310. The van der Waals surface area contributed by atoms with Crippen LogP contribution in [0, 0.1) is 0 Å². The molecule has 1 aliphatic heterocycles. The number of amides is 2. The molecule has 1 aliphatic rings. The highest BCUT2D eigenvalue weighted by molar-refractivity contribution is 6.13. The number of rotatable bonds is 6. The number of aliphatic imine (C=N–C) groups is 1. The molecule has 2 amide bonds. The number of allylic oxidation sites excluding steroid dienone is 3. The molecule has 1 saturated heterocycles. The highest BCUT2D eigenvalue weighted by Gasteiger charge is 2.19. The lowest BCUT2D eigenvalue weighted by Crippen LogP contribution is -2.39. The Morgan fingerprint density at radius 3 is 2.47 bits per heavy atom. The second-order valence-corrected chi connectivity index (χ2v) is 9.52. The van der Waals surface area contributed by atoms with Gasteiger partial charge in [0.15, 0.2) is 5.58 Å². The summed E-state index contributed by atoms with van der Waals surface area (Å²) in [5.41, 5.74) is 10.5. The summed E-state index contributed by atoms with van der Waals surface area (Å²) in [6.45, 7) is 8.73. The molecule has 0 atom stereocenters. The molecular formula is C29H34N6O3. The van der Waals surface area contributed by atoms with Crippen molar-refractivity contribution in [1.82, 2.24) is 15.2 Å². The average Bonchev–Trinajstić information content (AvgIpc) is 3.28. The zero-order valence-corrected chi connectivity index (χ0v) is 22.1. The van der Waals surface area contributed by atoms with Gasteiger partial charge in [-0.1, -0.05) is 29.8 Å². The van der Waals surface area contributed by atoms with Crippen LogP contribution in [0.1, 0.15) is 49.5 Å². The minimum absolute atomic E-state index is 0.0112. The van der Waals surface area contributed by atoms with Crippen molar-refractivity contribution in [1.29, 1.82) is 0 Å². The number of oxazole rings is 1. The molecule has 0 radical (unpaired) electrons. The number of fused-ring (bicyclic) bond motifs is 1. The summed E-state index contributed by atoms with van der Waals surface area (Å²) in [6, 6.07) is 14.6. The molecule has 198 valence electrons. The van der Waals surface area contributed by atoms with Crippen molar-refractivity contribution in [2.45, 2.75) is 33.6 Å². The molecule has 0 aliphatic carbocycles. The Labute approximate surface area is 222 Å². The largest absolute Gasteiger partial charge is 0.423 e.